The second-order valence-electron chi connectivity index (χ2n) is 3.86. The lowest BCUT2D eigenvalue weighted by molar-refractivity contribution is 0.145. The van der Waals surface area contributed by atoms with E-state index in [-0.39, 0.29) is 0 Å². The van der Waals surface area contributed by atoms with Gasteiger partial charge in [-0.2, -0.15) is 0 Å². The zero-order chi connectivity index (χ0) is 14.5. The van der Waals surface area contributed by atoms with Crippen LogP contribution in [-0.4, -0.2) is 42.2 Å². The lowest BCUT2D eigenvalue weighted by atomic mass is 10.6. The Labute approximate surface area is 107 Å². The third-order valence-corrected chi connectivity index (χ3v) is 3.85. The van der Waals surface area contributed by atoms with E-state index in [9.17, 15) is 24.0 Å². The summed E-state index contributed by atoms with van der Waals surface area (Å²) in [6, 6.07) is -1.21. The summed E-state index contributed by atoms with van der Waals surface area (Å²) in [5.41, 5.74) is -2.52. The largest absolute Gasteiger partial charge is 0.340 e. The number of carbonyl (C=O) groups excluding carboxylic acids is 2. The quantitative estimate of drug-likeness (QED) is 0.590. The fourth-order valence-electron chi connectivity index (χ4n) is 1.46. The van der Waals surface area contributed by atoms with Gasteiger partial charge in [-0.15, -0.1) is 0 Å². The number of hydrogen-bond acceptors (Lipinski definition) is 5. The van der Waals surface area contributed by atoms with Crippen LogP contribution in [0, 0.1) is 0 Å². The fraction of sp³-hybridized carbons (Fsp3) is 0.375. The standard InChI is InChI=1S/C8H10N5O5P/c1-9-4(14)10(2)6(16)12(5(9)15)19-13-7(17)11(3)8(13)18/h19H,1-3H3. The van der Waals surface area contributed by atoms with Crippen molar-refractivity contribution in [2.24, 2.45) is 14.1 Å². The van der Waals surface area contributed by atoms with Gasteiger partial charge in [0.05, 0.1) is 0 Å². The van der Waals surface area contributed by atoms with Gasteiger partial charge in [0.25, 0.3) is 0 Å². The van der Waals surface area contributed by atoms with Crippen LogP contribution in [0.2, 0.25) is 0 Å². The van der Waals surface area contributed by atoms with Gasteiger partial charge in [-0.3, -0.25) is 0 Å². The van der Waals surface area contributed by atoms with E-state index in [1.54, 1.807) is 0 Å². The normalized spacial score (nSPS) is 15.5. The van der Waals surface area contributed by atoms with Crippen molar-refractivity contribution in [3.63, 3.8) is 0 Å². The summed E-state index contributed by atoms with van der Waals surface area (Å²) >= 11 is 0. The van der Waals surface area contributed by atoms with Crippen LogP contribution in [0.4, 0.5) is 9.59 Å². The molecule has 0 bridgehead atoms. The van der Waals surface area contributed by atoms with Gasteiger partial charge in [0, 0.05) is 21.1 Å². The molecule has 1 atom stereocenters. The minimum atomic E-state index is -0.874. The molecule has 2 rings (SSSR count). The molecule has 1 aliphatic heterocycles. The molecule has 0 aliphatic carbocycles. The first-order valence-electron chi connectivity index (χ1n) is 5.05. The first kappa shape index (κ1) is 13.2. The molecule has 1 aromatic rings. The average Bonchev–Trinajstić information content (AvgIpc) is 2.42. The SMILES string of the molecule is CN1C(=O)N(Pn2c(=O)n(C)c(=O)n(C)c2=O)C1=O. The molecule has 0 N–H and O–H groups in total. The van der Waals surface area contributed by atoms with E-state index < -0.39 is 38.0 Å². The van der Waals surface area contributed by atoms with Crippen molar-refractivity contribution in [3.05, 3.63) is 31.5 Å². The fourth-order valence-corrected chi connectivity index (χ4v) is 2.60. The number of carbonyl (C=O) groups is 2. The maximum Gasteiger partial charge on any atom is 0.340 e. The summed E-state index contributed by atoms with van der Waals surface area (Å²) in [6.45, 7) is 0. The summed E-state index contributed by atoms with van der Waals surface area (Å²) in [4.78, 5) is 58.7. The third kappa shape index (κ3) is 1.72. The van der Waals surface area contributed by atoms with Crippen LogP contribution in [0.25, 0.3) is 0 Å². The molecule has 1 fully saturated rings. The highest BCUT2D eigenvalue weighted by Crippen LogP contribution is 2.27. The third-order valence-electron chi connectivity index (χ3n) is 2.69. The second-order valence-corrected chi connectivity index (χ2v) is 4.96. The van der Waals surface area contributed by atoms with Gasteiger partial charge in [-0.1, -0.05) is 0 Å². The van der Waals surface area contributed by atoms with E-state index in [4.69, 9.17) is 0 Å². The van der Waals surface area contributed by atoms with Gasteiger partial charge in [0.15, 0.2) is 0 Å². The molecule has 0 spiro atoms. The summed E-state index contributed by atoms with van der Waals surface area (Å²) in [6.07, 6.45) is 0. The highest BCUT2D eigenvalue weighted by atomic mass is 31.1. The molecule has 1 aromatic heterocycles. The number of urea groups is 2. The van der Waals surface area contributed by atoms with Gasteiger partial charge < -0.3 is 0 Å². The number of nitrogens with zero attached hydrogens (tertiary/aromatic N) is 5. The predicted octanol–water partition coefficient (Wildman–Crippen LogP) is -1.91. The van der Waals surface area contributed by atoms with Crippen molar-refractivity contribution in [2.45, 2.75) is 0 Å². The molecular formula is C8H10N5O5P. The number of aromatic nitrogens is 3. The predicted molar refractivity (Wildman–Crippen MR) is 65.3 cm³/mol. The number of hydrogen-bond donors (Lipinski definition) is 0. The molecule has 1 saturated heterocycles. The maximum atomic E-state index is 11.8. The van der Waals surface area contributed by atoms with Crippen molar-refractivity contribution >= 4 is 20.9 Å². The van der Waals surface area contributed by atoms with E-state index >= 15 is 0 Å². The molecular weight excluding hydrogens is 277 g/mol. The molecule has 0 aromatic carbocycles. The molecule has 11 heteroatoms. The molecule has 0 saturated carbocycles. The Bertz CT molecular complexity index is 702. The van der Waals surface area contributed by atoms with Crippen molar-refractivity contribution in [1.82, 2.24) is 23.0 Å². The molecule has 19 heavy (non-hydrogen) atoms. The van der Waals surface area contributed by atoms with Crippen LogP contribution in [-0.2, 0) is 14.1 Å². The van der Waals surface area contributed by atoms with E-state index in [1.807, 2.05) is 0 Å². The van der Waals surface area contributed by atoms with Crippen molar-refractivity contribution < 1.29 is 9.59 Å². The van der Waals surface area contributed by atoms with E-state index in [0.29, 0.717) is 4.34 Å². The number of amides is 4. The Balaban J connectivity index is 2.52. The lowest BCUT2D eigenvalue weighted by Gasteiger charge is -2.35. The molecule has 4 amide bonds. The Hall–Kier alpha value is -2.22. The Morgan fingerprint density at radius 3 is 1.58 bits per heavy atom. The van der Waals surface area contributed by atoms with Gasteiger partial charge >= 0.3 is 29.1 Å². The minimum Gasteiger partial charge on any atom is -0.248 e. The second kappa shape index (κ2) is 4.16. The van der Waals surface area contributed by atoms with Crippen molar-refractivity contribution in [2.75, 3.05) is 7.05 Å². The summed E-state index contributed by atoms with van der Waals surface area (Å²) in [5, 5.41) is 0. The van der Waals surface area contributed by atoms with Crippen molar-refractivity contribution in [3.8, 4) is 0 Å². The first-order chi connectivity index (χ1) is 8.77. The monoisotopic (exact) mass is 287 g/mol. The Kier molecular flexibility index (Phi) is 2.90. The van der Waals surface area contributed by atoms with Crippen LogP contribution >= 0.6 is 8.88 Å². The van der Waals surface area contributed by atoms with Gasteiger partial charge in [-0.25, -0.2) is 47.0 Å². The average molecular weight is 287 g/mol. The molecule has 10 nitrogen and oxygen atoms in total. The molecule has 1 unspecified atom stereocenters. The van der Waals surface area contributed by atoms with E-state index in [0.717, 1.165) is 18.7 Å². The number of imide groups is 2. The lowest BCUT2D eigenvalue weighted by Crippen LogP contribution is -2.60. The van der Waals surface area contributed by atoms with Gasteiger partial charge in [-0.05, 0) is 0 Å². The molecule has 2 heterocycles. The zero-order valence-electron chi connectivity index (χ0n) is 10.3. The molecule has 1 aliphatic rings. The topological polar surface area (TPSA) is 107 Å². The summed E-state index contributed by atoms with van der Waals surface area (Å²) in [5.74, 6) is 0. The van der Waals surface area contributed by atoms with Crippen LogP contribution in [0.1, 0.15) is 0 Å². The Morgan fingerprint density at radius 2 is 1.16 bits per heavy atom. The smallest absolute Gasteiger partial charge is 0.248 e. The summed E-state index contributed by atoms with van der Waals surface area (Å²) in [7, 11) is 2.90. The summed E-state index contributed by atoms with van der Waals surface area (Å²) < 4.78 is 2.89. The molecule has 0 radical (unpaired) electrons. The van der Waals surface area contributed by atoms with Gasteiger partial charge in [0.2, 0.25) is 0 Å². The maximum absolute atomic E-state index is 11.8. The van der Waals surface area contributed by atoms with Crippen molar-refractivity contribution in [1.29, 1.82) is 0 Å². The molecule has 102 valence electrons. The highest BCUT2D eigenvalue weighted by molar-refractivity contribution is 7.35. The van der Waals surface area contributed by atoms with Crippen LogP contribution in [0.15, 0.2) is 14.4 Å². The highest BCUT2D eigenvalue weighted by Gasteiger charge is 2.41. The minimum absolute atomic E-state index is 0.605. The zero-order valence-corrected chi connectivity index (χ0v) is 11.3. The van der Waals surface area contributed by atoms with Gasteiger partial charge in [0.1, 0.15) is 8.88 Å². The van der Waals surface area contributed by atoms with Crippen LogP contribution in [0.3, 0.4) is 0 Å². The van der Waals surface area contributed by atoms with Crippen LogP contribution in [0.5, 0.6) is 0 Å². The number of rotatable bonds is 2. The van der Waals surface area contributed by atoms with Crippen LogP contribution < -0.4 is 17.1 Å². The van der Waals surface area contributed by atoms with E-state index in [1.165, 1.54) is 21.1 Å². The Morgan fingerprint density at radius 1 is 0.737 bits per heavy atom. The van der Waals surface area contributed by atoms with E-state index in [2.05, 4.69) is 0 Å². The first-order valence-corrected chi connectivity index (χ1v) is 5.94.